The Morgan fingerprint density at radius 1 is 0.946 bits per heavy atom. The van der Waals surface area contributed by atoms with Crippen molar-refractivity contribution in [3.8, 4) is 5.75 Å². The maximum absolute atomic E-state index is 13.0. The lowest BCUT2D eigenvalue weighted by atomic mass is 10.0. The van der Waals surface area contributed by atoms with Crippen molar-refractivity contribution in [2.45, 2.75) is 52.4 Å². The van der Waals surface area contributed by atoms with Gasteiger partial charge in [0, 0.05) is 56.8 Å². The number of piperazine rings is 1. The molecule has 3 amide bonds. The van der Waals surface area contributed by atoms with Crippen LogP contribution in [0.25, 0.3) is 0 Å². The summed E-state index contributed by atoms with van der Waals surface area (Å²) in [6, 6.07) is 13.4. The van der Waals surface area contributed by atoms with Crippen molar-refractivity contribution in [3.05, 3.63) is 64.7 Å². The SMILES string of the molecule is CC(C)CN1CCN(Cc2ccc(COc3cccc4c3CN([C@@H]3CCC(=O)NC3=O)C4=O)cc2)CC1. The van der Waals surface area contributed by atoms with E-state index in [2.05, 4.69) is 53.2 Å². The average Bonchev–Trinajstić information content (AvgIpc) is 3.21. The summed E-state index contributed by atoms with van der Waals surface area (Å²) in [4.78, 5) is 43.5. The molecule has 2 aromatic rings. The minimum absolute atomic E-state index is 0.190. The van der Waals surface area contributed by atoms with Gasteiger partial charge < -0.3 is 14.5 Å². The van der Waals surface area contributed by atoms with Crippen LogP contribution in [0.5, 0.6) is 5.75 Å². The highest BCUT2D eigenvalue weighted by Crippen LogP contribution is 2.34. The quantitative estimate of drug-likeness (QED) is 0.557. The Morgan fingerprint density at radius 2 is 1.65 bits per heavy atom. The fourth-order valence-corrected chi connectivity index (χ4v) is 5.50. The molecule has 0 saturated carbocycles. The Morgan fingerprint density at radius 3 is 2.35 bits per heavy atom. The van der Waals surface area contributed by atoms with Gasteiger partial charge in [0.2, 0.25) is 11.8 Å². The second kappa shape index (κ2) is 11.0. The third kappa shape index (κ3) is 5.86. The lowest BCUT2D eigenvalue weighted by molar-refractivity contribution is -0.136. The van der Waals surface area contributed by atoms with Crippen molar-refractivity contribution >= 4 is 17.7 Å². The number of fused-ring (bicyclic) bond motifs is 1. The molecule has 3 aliphatic heterocycles. The number of hydrogen-bond acceptors (Lipinski definition) is 6. The third-order valence-corrected chi connectivity index (χ3v) is 7.45. The summed E-state index contributed by atoms with van der Waals surface area (Å²) in [7, 11) is 0. The van der Waals surface area contributed by atoms with Crippen LogP contribution in [0, 0.1) is 5.92 Å². The van der Waals surface area contributed by atoms with Crippen LogP contribution in [0.1, 0.15) is 53.7 Å². The lowest BCUT2D eigenvalue weighted by Crippen LogP contribution is -2.52. The summed E-state index contributed by atoms with van der Waals surface area (Å²) in [5.41, 5.74) is 3.72. The number of imide groups is 1. The van der Waals surface area contributed by atoms with E-state index in [1.807, 2.05) is 12.1 Å². The molecule has 196 valence electrons. The first-order valence-corrected chi connectivity index (χ1v) is 13.3. The van der Waals surface area contributed by atoms with E-state index >= 15 is 0 Å². The summed E-state index contributed by atoms with van der Waals surface area (Å²) < 4.78 is 6.15. The Hall–Kier alpha value is -3.23. The molecule has 37 heavy (non-hydrogen) atoms. The molecule has 2 saturated heterocycles. The number of amides is 3. The van der Waals surface area contributed by atoms with Crippen LogP contribution in [0.2, 0.25) is 0 Å². The van der Waals surface area contributed by atoms with E-state index < -0.39 is 11.9 Å². The average molecular weight is 505 g/mol. The van der Waals surface area contributed by atoms with Crippen molar-refractivity contribution in [2.75, 3.05) is 32.7 Å². The number of hydrogen-bond donors (Lipinski definition) is 1. The number of ether oxygens (including phenoxy) is 1. The molecule has 0 aromatic heterocycles. The number of nitrogens with one attached hydrogen (secondary N) is 1. The molecular weight excluding hydrogens is 468 g/mol. The zero-order chi connectivity index (χ0) is 25.9. The Bertz CT molecular complexity index is 1150. The fourth-order valence-electron chi connectivity index (χ4n) is 5.50. The molecule has 1 N–H and O–H groups in total. The number of piperidine rings is 1. The summed E-state index contributed by atoms with van der Waals surface area (Å²) in [5, 5.41) is 2.35. The van der Waals surface area contributed by atoms with Gasteiger partial charge in [-0.1, -0.05) is 44.2 Å². The minimum atomic E-state index is -0.629. The van der Waals surface area contributed by atoms with Gasteiger partial charge in [0.05, 0.1) is 6.54 Å². The minimum Gasteiger partial charge on any atom is -0.489 e. The van der Waals surface area contributed by atoms with E-state index in [-0.39, 0.29) is 18.2 Å². The zero-order valence-electron chi connectivity index (χ0n) is 21.7. The van der Waals surface area contributed by atoms with Crippen molar-refractivity contribution in [2.24, 2.45) is 5.92 Å². The summed E-state index contributed by atoms with van der Waals surface area (Å²) in [6.07, 6.45) is 0.588. The molecule has 2 fully saturated rings. The molecule has 5 rings (SSSR count). The van der Waals surface area contributed by atoms with E-state index in [1.165, 1.54) is 12.1 Å². The lowest BCUT2D eigenvalue weighted by Gasteiger charge is -2.35. The summed E-state index contributed by atoms with van der Waals surface area (Å²) in [6.45, 7) is 11.9. The first-order chi connectivity index (χ1) is 17.9. The van der Waals surface area contributed by atoms with Gasteiger partial charge in [-0.25, -0.2) is 0 Å². The molecular formula is C29H36N4O4. The standard InChI is InChI=1S/C29H36N4O4/c1-20(2)16-31-12-14-32(15-13-31)17-21-6-8-22(9-7-21)19-37-26-5-3-4-23-24(26)18-33(29(23)36)25-10-11-27(34)30-28(25)35/h3-9,20,25H,10-19H2,1-2H3,(H,30,34,35)/t25-/m1/s1. The number of carbonyl (C=O) groups is 3. The number of benzene rings is 2. The van der Waals surface area contributed by atoms with Crippen LogP contribution in [-0.4, -0.2) is 71.2 Å². The van der Waals surface area contributed by atoms with Crippen molar-refractivity contribution in [1.82, 2.24) is 20.0 Å². The van der Waals surface area contributed by atoms with Gasteiger partial charge in [-0.3, -0.25) is 24.6 Å². The van der Waals surface area contributed by atoms with E-state index in [1.54, 1.807) is 11.0 Å². The van der Waals surface area contributed by atoms with E-state index in [0.29, 0.717) is 36.8 Å². The van der Waals surface area contributed by atoms with E-state index in [4.69, 9.17) is 4.74 Å². The largest absolute Gasteiger partial charge is 0.489 e. The van der Waals surface area contributed by atoms with Gasteiger partial charge in [-0.05, 0) is 35.6 Å². The predicted molar refractivity (Wildman–Crippen MR) is 140 cm³/mol. The highest BCUT2D eigenvalue weighted by molar-refractivity contribution is 6.05. The number of nitrogens with zero attached hydrogens (tertiary/aromatic N) is 3. The molecule has 0 unspecified atom stereocenters. The molecule has 0 radical (unpaired) electrons. The van der Waals surface area contributed by atoms with Crippen molar-refractivity contribution < 1.29 is 19.1 Å². The third-order valence-electron chi connectivity index (χ3n) is 7.45. The predicted octanol–water partition coefficient (Wildman–Crippen LogP) is 2.80. The fraction of sp³-hybridized carbons (Fsp3) is 0.483. The second-order valence-corrected chi connectivity index (χ2v) is 10.8. The first kappa shape index (κ1) is 25.4. The molecule has 8 nitrogen and oxygen atoms in total. The molecule has 0 bridgehead atoms. The van der Waals surface area contributed by atoms with Crippen LogP contribution < -0.4 is 10.1 Å². The van der Waals surface area contributed by atoms with E-state index in [0.717, 1.165) is 43.9 Å². The van der Waals surface area contributed by atoms with Gasteiger partial charge >= 0.3 is 0 Å². The molecule has 2 aromatic carbocycles. The van der Waals surface area contributed by atoms with Gasteiger partial charge in [0.25, 0.3) is 5.91 Å². The Kier molecular flexibility index (Phi) is 7.58. The van der Waals surface area contributed by atoms with Crippen LogP contribution in [0.3, 0.4) is 0 Å². The highest BCUT2D eigenvalue weighted by atomic mass is 16.5. The highest BCUT2D eigenvalue weighted by Gasteiger charge is 2.40. The van der Waals surface area contributed by atoms with Crippen LogP contribution in [0.4, 0.5) is 0 Å². The van der Waals surface area contributed by atoms with E-state index in [9.17, 15) is 14.4 Å². The van der Waals surface area contributed by atoms with Gasteiger partial charge in [-0.2, -0.15) is 0 Å². The number of carbonyl (C=O) groups excluding carboxylic acids is 3. The molecule has 1 atom stereocenters. The summed E-state index contributed by atoms with van der Waals surface area (Å²) in [5.74, 6) is 0.485. The normalized spacial score (nSPS) is 20.9. The van der Waals surface area contributed by atoms with Crippen LogP contribution in [-0.2, 0) is 29.3 Å². The second-order valence-electron chi connectivity index (χ2n) is 10.8. The topological polar surface area (TPSA) is 82.2 Å². The van der Waals surface area contributed by atoms with Crippen molar-refractivity contribution in [1.29, 1.82) is 0 Å². The summed E-state index contributed by atoms with van der Waals surface area (Å²) >= 11 is 0. The molecule has 8 heteroatoms. The molecule has 3 aliphatic rings. The smallest absolute Gasteiger partial charge is 0.255 e. The molecule has 3 heterocycles. The molecule has 0 aliphatic carbocycles. The number of rotatable bonds is 8. The maximum atomic E-state index is 13.0. The Balaban J connectivity index is 1.16. The van der Waals surface area contributed by atoms with Gasteiger partial charge in [0.15, 0.2) is 0 Å². The maximum Gasteiger partial charge on any atom is 0.255 e. The van der Waals surface area contributed by atoms with Gasteiger partial charge in [0.1, 0.15) is 18.4 Å². The van der Waals surface area contributed by atoms with Crippen LogP contribution >= 0.6 is 0 Å². The monoisotopic (exact) mass is 504 g/mol. The van der Waals surface area contributed by atoms with Crippen molar-refractivity contribution in [3.63, 3.8) is 0 Å². The van der Waals surface area contributed by atoms with Crippen LogP contribution in [0.15, 0.2) is 42.5 Å². The molecule has 0 spiro atoms. The first-order valence-electron chi connectivity index (χ1n) is 13.3. The Labute approximate surface area is 218 Å². The van der Waals surface area contributed by atoms with Gasteiger partial charge in [-0.15, -0.1) is 0 Å². The zero-order valence-corrected chi connectivity index (χ0v) is 21.7.